The van der Waals surface area contributed by atoms with Gasteiger partial charge in [-0.25, -0.2) is 0 Å². The van der Waals surface area contributed by atoms with E-state index in [1.807, 2.05) is 42.5 Å². The fraction of sp³-hybridized carbons (Fsp3) is 0.115. The summed E-state index contributed by atoms with van der Waals surface area (Å²) in [5, 5.41) is 6.75. The number of methoxy groups -OCH3 is 1. The van der Waals surface area contributed by atoms with Crippen LogP contribution in [-0.4, -0.2) is 13.3 Å². The van der Waals surface area contributed by atoms with E-state index in [0.29, 0.717) is 13.2 Å². The first-order valence-corrected chi connectivity index (χ1v) is 10.8. The van der Waals surface area contributed by atoms with Gasteiger partial charge in [0.2, 0.25) is 0 Å². The second kappa shape index (κ2) is 10.1. The number of benzene rings is 4. The monoisotopic (exact) mass is 474 g/mol. The Morgan fingerprint density at radius 2 is 1.65 bits per heavy atom. The summed E-state index contributed by atoms with van der Waals surface area (Å²) in [7, 11) is 1.67. The Bertz CT molecular complexity index is 1200. The van der Waals surface area contributed by atoms with E-state index in [1.54, 1.807) is 13.3 Å². The van der Waals surface area contributed by atoms with Crippen LogP contribution in [0.3, 0.4) is 0 Å². The quantitative estimate of drug-likeness (QED) is 0.240. The molecule has 0 heterocycles. The molecule has 4 rings (SSSR count). The summed E-state index contributed by atoms with van der Waals surface area (Å²) in [6, 6.07) is 28.4. The Labute approximate surface area is 190 Å². The van der Waals surface area contributed by atoms with Gasteiger partial charge in [0.15, 0.2) is 0 Å². The van der Waals surface area contributed by atoms with Crippen molar-refractivity contribution in [1.29, 1.82) is 0 Å². The maximum absolute atomic E-state index is 6.07. The molecule has 0 aliphatic heterocycles. The normalized spacial score (nSPS) is 11.0. The van der Waals surface area contributed by atoms with Crippen molar-refractivity contribution in [2.24, 2.45) is 5.10 Å². The van der Waals surface area contributed by atoms with Crippen LogP contribution in [0.5, 0.6) is 11.5 Å². The Morgan fingerprint density at radius 1 is 0.871 bits per heavy atom. The number of halogens is 1. The molecule has 0 aliphatic carbocycles. The Morgan fingerprint density at radius 3 is 2.52 bits per heavy atom. The molecule has 0 bridgehead atoms. The van der Waals surface area contributed by atoms with E-state index in [0.717, 1.165) is 32.7 Å². The molecule has 0 spiro atoms. The van der Waals surface area contributed by atoms with E-state index < -0.39 is 0 Å². The zero-order valence-electron chi connectivity index (χ0n) is 17.2. The number of hydrogen-bond donors (Lipinski definition) is 1. The van der Waals surface area contributed by atoms with Crippen LogP contribution < -0.4 is 14.9 Å². The molecule has 31 heavy (non-hydrogen) atoms. The molecule has 4 aromatic carbocycles. The zero-order chi connectivity index (χ0) is 21.5. The number of ether oxygens (including phenoxy) is 2. The van der Waals surface area contributed by atoms with Crippen LogP contribution in [0.25, 0.3) is 10.8 Å². The predicted molar refractivity (Wildman–Crippen MR) is 130 cm³/mol. The first-order chi connectivity index (χ1) is 15.2. The van der Waals surface area contributed by atoms with Crippen molar-refractivity contribution in [3.05, 3.63) is 106 Å². The molecule has 0 fully saturated rings. The van der Waals surface area contributed by atoms with Gasteiger partial charge in [0.1, 0.15) is 18.1 Å². The Kier molecular flexibility index (Phi) is 6.85. The smallest absolute Gasteiger partial charge is 0.134 e. The highest BCUT2D eigenvalue weighted by atomic mass is 79.9. The molecule has 0 aromatic heterocycles. The van der Waals surface area contributed by atoms with Crippen molar-refractivity contribution in [3.8, 4) is 11.5 Å². The molecule has 0 unspecified atom stereocenters. The molecule has 0 atom stereocenters. The van der Waals surface area contributed by atoms with Crippen LogP contribution in [0.15, 0.2) is 94.5 Å². The summed E-state index contributed by atoms with van der Waals surface area (Å²) in [5.74, 6) is 1.65. The van der Waals surface area contributed by atoms with Gasteiger partial charge in [-0.15, -0.1) is 0 Å². The molecular formula is C26H23BrN2O2. The van der Waals surface area contributed by atoms with Crippen molar-refractivity contribution in [2.75, 3.05) is 7.11 Å². The predicted octanol–water partition coefficient (Wildman–Crippen LogP) is 6.31. The molecule has 4 nitrogen and oxygen atoms in total. The van der Waals surface area contributed by atoms with Gasteiger partial charge >= 0.3 is 0 Å². The second-order valence-corrected chi connectivity index (χ2v) is 7.88. The van der Waals surface area contributed by atoms with Crippen LogP contribution in [-0.2, 0) is 13.2 Å². The van der Waals surface area contributed by atoms with E-state index in [2.05, 4.69) is 68.9 Å². The van der Waals surface area contributed by atoms with Gasteiger partial charge in [0.05, 0.1) is 24.3 Å². The number of hydrazone groups is 1. The highest BCUT2D eigenvalue weighted by Crippen LogP contribution is 2.27. The zero-order valence-corrected chi connectivity index (χ0v) is 18.8. The van der Waals surface area contributed by atoms with Gasteiger partial charge in [-0.3, -0.25) is 0 Å². The minimum absolute atomic E-state index is 0.508. The number of hydrogen-bond acceptors (Lipinski definition) is 4. The maximum Gasteiger partial charge on any atom is 0.134 e. The molecule has 0 saturated heterocycles. The third-order valence-electron chi connectivity index (χ3n) is 4.99. The number of rotatable bonds is 8. The molecular weight excluding hydrogens is 452 g/mol. The van der Waals surface area contributed by atoms with Crippen molar-refractivity contribution >= 4 is 32.9 Å². The summed E-state index contributed by atoms with van der Waals surface area (Å²) in [6.07, 6.45) is 1.79. The fourth-order valence-corrected chi connectivity index (χ4v) is 3.90. The lowest BCUT2D eigenvalue weighted by Crippen LogP contribution is -2.06. The average Bonchev–Trinajstić information content (AvgIpc) is 2.81. The number of nitrogens with one attached hydrogen (secondary N) is 1. The van der Waals surface area contributed by atoms with Crippen LogP contribution in [0.4, 0.5) is 0 Å². The van der Waals surface area contributed by atoms with Gasteiger partial charge < -0.3 is 14.9 Å². The lowest BCUT2D eigenvalue weighted by molar-refractivity contribution is 0.305. The fourth-order valence-electron chi connectivity index (χ4n) is 3.39. The van der Waals surface area contributed by atoms with Crippen molar-refractivity contribution < 1.29 is 9.47 Å². The van der Waals surface area contributed by atoms with E-state index in [9.17, 15) is 0 Å². The molecule has 1 N–H and O–H groups in total. The third kappa shape index (κ3) is 5.25. The Balaban J connectivity index is 1.37. The van der Waals surface area contributed by atoms with Crippen LogP contribution in [0.1, 0.15) is 16.7 Å². The molecule has 0 amide bonds. The summed E-state index contributed by atoms with van der Waals surface area (Å²) < 4.78 is 12.3. The number of nitrogens with zero attached hydrogens (tertiary/aromatic N) is 1. The van der Waals surface area contributed by atoms with Gasteiger partial charge in [0, 0.05) is 5.56 Å². The van der Waals surface area contributed by atoms with E-state index in [4.69, 9.17) is 9.47 Å². The molecule has 0 radical (unpaired) electrons. The second-order valence-electron chi connectivity index (χ2n) is 7.02. The van der Waals surface area contributed by atoms with Crippen LogP contribution in [0.2, 0.25) is 0 Å². The molecule has 5 heteroatoms. The summed E-state index contributed by atoms with van der Waals surface area (Å²) in [4.78, 5) is 0. The largest absolute Gasteiger partial charge is 0.496 e. The summed E-state index contributed by atoms with van der Waals surface area (Å²) in [5.41, 5.74) is 6.25. The van der Waals surface area contributed by atoms with Gasteiger partial charge in [0.25, 0.3) is 0 Å². The van der Waals surface area contributed by atoms with E-state index in [-0.39, 0.29) is 0 Å². The van der Waals surface area contributed by atoms with Crippen molar-refractivity contribution in [3.63, 3.8) is 0 Å². The lowest BCUT2D eigenvalue weighted by Gasteiger charge is -2.11. The number of fused-ring (bicyclic) bond motifs is 1. The standard InChI is InChI=1S/C26H23BrN2O2/c1-30-25-12-5-3-8-21(25)17-29-28-16-19-13-14-26(24(27)15-19)31-18-22-10-6-9-20-7-2-4-11-23(20)22/h2-16,29H,17-18H2,1H3/b28-16+. The minimum Gasteiger partial charge on any atom is -0.496 e. The molecule has 4 aromatic rings. The lowest BCUT2D eigenvalue weighted by atomic mass is 10.1. The highest BCUT2D eigenvalue weighted by Gasteiger charge is 2.05. The van der Waals surface area contributed by atoms with Crippen LogP contribution in [0, 0.1) is 0 Å². The van der Waals surface area contributed by atoms with Crippen LogP contribution >= 0.6 is 15.9 Å². The SMILES string of the molecule is COc1ccccc1CN/N=C/c1ccc(OCc2cccc3ccccc23)c(Br)c1. The third-order valence-corrected chi connectivity index (χ3v) is 5.61. The maximum atomic E-state index is 6.07. The summed E-state index contributed by atoms with van der Waals surface area (Å²) >= 11 is 3.61. The van der Waals surface area contributed by atoms with E-state index >= 15 is 0 Å². The topological polar surface area (TPSA) is 42.8 Å². The van der Waals surface area contributed by atoms with Crippen molar-refractivity contribution in [1.82, 2.24) is 5.43 Å². The molecule has 0 aliphatic rings. The Hall–Kier alpha value is -3.31. The molecule has 0 saturated carbocycles. The van der Waals surface area contributed by atoms with Gasteiger partial charge in [-0.05, 0) is 62.1 Å². The van der Waals surface area contributed by atoms with Gasteiger partial charge in [-0.2, -0.15) is 5.10 Å². The minimum atomic E-state index is 0.508. The highest BCUT2D eigenvalue weighted by molar-refractivity contribution is 9.10. The van der Waals surface area contributed by atoms with Gasteiger partial charge in [-0.1, -0.05) is 60.7 Å². The summed E-state index contributed by atoms with van der Waals surface area (Å²) in [6.45, 7) is 1.10. The first-order valence-electron chi connectivity index (χ1n) is 10.0. The first kappa shape index (κ1) is 20.9. The molecule has 156 valence electrons. The van der Waals surface area contributed by atoms with Crippen molar-refractivity contribution in [2.45, 2.75) is 13.2 Å². The average molecular weight is 475 g/mol. The number of para-hydroxylation sites is 1. The van der Waals surface area contributed by atoms with E-state index in [1.165, 1.54) is 10.8 Å².